The molecule has 0 fully saturated rings. The molecule has 0 aromatic heterocycles. The second kappa shape index (κ2) is 6.62. The molecule has 1 rings (SSSR count). The molecule has 0 unspecified atom stereocenters. The van der Waals surface area contributed by atoms with Crippen LogP contribution in [0.5, 0.6) is 5.75 Å². The van der Waals surface area contributed by atoms with Crippen molar-refractivity contribution in [1.29, 1.82) is 5.26 Å². The summed E-state index contributed by atoms with van der Waals surface area (Å²) in [6, 6.07) is 5.16. The van der Waals surface area contributed by atoms with E-state index < -0.39 is 0 Å². The van der Waals surface area contributed by atoms with Gasteiger partial charge >= 0.3 is 5.97 Å². The van der Waals surface area contributed by atoms with Crippen LogP contribution in [0, 0.1) is 11.3 Å². The van der Waals surface area contributed by atoms with Gasteiger partial charge in [-0.15, -0.1) is 0 Å². The highest BCUT2D eigenvalue weighted by atomic mass is 16.5. The molecule has 1 N–H and O–H groups in total. The summed E-state index contributed by atoms with van der Waals surface area (Å²) in [6.45, 7) is 1.72. The fourth-order valence-electron chi connectivity index (χ4n) is 1.70. The first-order valence-corrected chi connectivity index (χ1v) is 5.53. The van der Waals surface area contributed by atoms with Gasteiger partial charge in [0, 0.05) is 11.1 Å². The van der Waals surface area contributed by atoms with Crippen LogP contribution in [0.3, 0.4) is 0 Å². The Morgan fingerprint density at radius 2 is 2.22 bits per heavy atom. The monoisotopic (exact) mass is 249 g/mol. The van der Waals surface area contributed by atoms with Crippen LogP contribution < -0.4 is 4.74 Å². The van der Waals surface area contributed by atoms with Gasteiger partial charge in [0.2, 0.25) is 0 Å². The molecule has 0 aliphatic heterocycles. The Labute approximate surface area is 106 Å². The van der Waals surface area contributed by atoms with E-state index in [9.17, 15) is 9.90 Å². The fraction of sp³-hybridized carbons (Fsp3) is 0.385. The average molecular weight is 249 g/mol. The minimum Gasteiger partial charge on any atom is -0.496 e. The van der Waals surface area contributed by atoms with Crippen molar-refractivity contribution in [2.45, 2.75) is 20.0 Å². The Morgan fingerprint density at radius 3 is 2.72 bits per heavy atom. The summed E-state index contributed by atoms with van der Waals surface area (Å²) in [5.41, 5.74) is 1.32. The van der Waals surface area contributed by atoms with Crippen LogP contribution in [0.1, 0.15) is 23.6 Å². The molecule has 0 saturated heterocycles. The molecule has 0 aliphatic rings. The molecule has 1 aromatic rings. The number of benzene rings is 1. The van der Waals surface area contributed by atoms with Gasteiger partial charge in [-0.2, -0.15) is 5.26 Å². The van der Waals surface area contributed by atoms with Gasteiger partial charge in [0.15, 0.2) is 0 Å². The molecule has 0 atom stereocenters. The number of esters is 1. The lowest BCUT2D eigenvalue weighted by Crippen LogP contribution is -2.10. The summed E-state index contributed by atoms with van der Waals surface area (Å²) in [5, 5.41) is 18.2. The molecule has 0 heterocycles. The highest BCUT2D eigenvalue weighted by Gasteiger charge is 2.16. The van der Waals surface area contributed by atoms with Crippen LogP contribution in [-0.2, 0) is 22.6 Å². The number of hydrogen-bond donors (Lipinski definition) is 1. The first-order chi connectivity index (χ1) is 8.67. The van der Waals surface area contributed by atoms with Gasteiger partial charge in [-0.3, -0.25) is 4.79 Å². The summed E-state index contributed by atoms with van der Waals surface area (Å²) in [4.78, 5) is 11.4. The van der Waals surface area contributed by atoms with Gasteiger partial charge < -0.3 is 14.6 Å². The number of rotatable bonds is 5. The van der Waals surface area contributed by atoms with E-state index in [2.05, 4.69) is 0 Å². The van der Waals surface area contributed by atoms with E-state index in [1.54, 1.807) is 19.1 Å². The largest absolute Gasteiger partial charge is 0.496 e. The molecule has 0 amide bonds. The Bertz CT molecular complexity index is 477. The number of nitrogens with zero attached hydrogens (tertiary/aromatic N) is 1. The third-order valence-corrected chi connectivity index (χ3v) is 2.46. The quantitative estimate of drug-likeness (QED) is 0.792. The van der Waals surface area contributed by atoms with Crippen molar-refractivity contribution in [2.24, 2.45) is 0 Å². The zero-order chi connectivity index (χ0) is 13.5. The normalized spacial score (nSPS) is 9.67. The van der Waals surface area contributed by atoms with E-state index in [1.807, 2.05) is 6.07 Å². The van der Waals surface area contributed by atoms with Gasteiger partial charge in [-0.1, -0.05) is 6.07 Å². The summed E-state index contributed by atoms with van der Waals surface area (Å²) in [7, 11) is 1.43. The Kier molecular flexibility index (Phi) is 5.15. The van der Waals surface area contributed by atoms with Gasteiger partial charge in [-0.05, 0) is 13.0 Å². The van der Waals surface area contributed by atoms with Crippen LogP contribution in [0.4, 0.5) is 0 Å². The minimum absolute atomic E-state index is 0.0513. The summed E-state index contributed by atoms with van der Waals surface area (Å²) in [6.07, 6.45) is 0.0513. The Balaban J connectivity index is 3.13. The Hall–Kier alpha value is -2.06. The van der Waals surface area contributed by atoms with Crippen molar-refractivity contribution >= 4 is 5.97 Å². The van der Waals surface area contributed by atoms with E-state index in [4.69, 9.17) is 14.7 Å². The van der Waals surface area contributed by atoms with Crippen molar-refractivity contribution in [3.63, 3.8) is 0 Å². The molecule has 96 valence electrons. The molecule has 1 aromatic carbocycles. The van der Waals surface area contributed by atoms with E-state index in [1.165, 1.54) is 7.11 Å². The molecule has 0 bridgehead atoms. The topological polar surface area (TPSA) is 79.6 Å². The lowest BCUT2D eigenvalue weighted by molar-refractivity contribution is -0.142. The Morgan fingerprint density at radius 1 is 1.50 bits per heavy atom. The summed E-state index contributed by atoms with van der Waals surface area (Å²) < 4.78 is 10.0. The van der Waals surface area contributed by atoms with Crippen molar-refractivity contribution < 1.29 is 19.4 Å². The number of carbonyl (C=O) groups excluding carboxylic acids is 1. The average Bonchev–Trinajstić information content (AvgIpc) is 2.38. The first kappa shape index (κ1) is 14.0. The number of aliphatic hydroxyl groups is 1. The van der Waals surface area contributed by atoms with Crippen LogP contribution in [-0.4, -0.2) is 24.8 Å². The van der Waals surface area contributed by atoms with Crippen molar-refractivity contribution in [2.75, 3.05) is 13.7 Å². The van der Waals surface area contributed by atoms with Crippen molar-refractivity contribution in [3.05, 3.63) is 28.8 Å². The van der Waals surface area contributed by atoms with Crippen LogP contribution in [0.15, 0.2) is 12.1 Å². The second-order valence-corrected chi connectivity index (χ2v) is 3.54. The van der Waals surface area contributed by atoms with E-state index in [0.29, 0.717) is 29.0 Å². The van der Waals surface area contributed by atoms with E-state index in [0.717, 1.165) is 0 Å². The number of aliphatic hydroxyl groups excluding tert-OH is 1. The molecule has 5 nitrogen and oxygen atoms in total. The van der Waals surface area contributed by atoms with Crippen molar-refractivity contribution in [1.82, 2.24) is 0 Å². The zero-order valence-corrected chi connectivity index (χ0v) is 10.4. The van der Waals surface area contributed by atoms with Crippen LogP contribution in [0.2, 0.25) is 0 Å². The third kappa shape index (κ3) is 2.99. The maximum absolute atomic E-state index is 11.4. The maximum Gasteiger partial charge on any atom is 0.310 e. The minimum atomic E-state index is -0.371. The van der Waals surface area contributed by atoms with E-state index >= 15 is 0 Å². The predicted octanol–water partition coefficient (Wildman–Crippen LogP) is 1.16. The van der Waals surface area contributed by atoms with Crippen LogP contribution >= 0.6 is 0 Å². The van der Waals surface area contributed by atoms with E-state index in [-0.39, 0.29) is 19.0 Å². The number of hydrogen-bond acceptors (Lipinski definition) is 5. The highest BCUT2D eigenvalue weighted by Crippen LogP contribution is 2.27. The van der Waals surface area contributed by atoms with Gasteiger partial charge in [0.25, 0.3) is 0 Å². The van der Waals surface area contributed by atoms with Gasteiger partial charge in [-0.25, -0.2) is 0 Å². The molecular weight excluding hydrogens is 234 g/mol. The van der Waals surface area contributed by atoms with Gasteiger partial charge in [0.05, 0.1) is 38.4 Å². The second-order valence-electron chi connectivity index (χ2n) is 3.54. The SMILES string of the molecule is CCOC(=O)Cc1ccc(C#N)c(CO)c1OC. The molecular formula is C13H15NO4. The lowest BCUT2D eigenvalue weighted by atomic mass is 10.0. The molecule has 0 radical (unpaired) electrons. The van der Waals surface area contributed by atoms with Crippen molar-refractivity contribution in [3.8, 4) is 11.8 Å². The molecule has 18 heavy (non-hydrogen) atoms. The van der Waals surface area contributed by atoms with Crippen LogP contribution in [0.25, 0.3) is 0 Å². The summed E-state index contributed by atoms with van der Waals surface area (Å²) in [5.74, 6) is -0.00556. The number of nitriles is 1. The first-order valence-electron chi connectivity index (χ1n) is 5.53. The predicted molar refractivity (Wildman–Crippen MR) is 64.0 cm³/mol. The molecule has 0 spiro atoms. The molecule has 0 aliphatic carbocycles. The maximum atomic E-state index is 11.4. The fourth-order valence-corrected chi connectivity index (χ4v) is 1.70. The third-order valence-electron chi connectivity index (χ3n) is 2.46. The number of ether oxygens (including phenoxy) is 2. The molecule has 5 heteroatoms. The smallest absolute Gasteiger partial charge is 0.310 e. The highest BCUT2D eigenvalue weighted by molar-refractivity contribution is 5.74. The molecule has 0 saturated carbocycles. The number of carbonyl (C=O) groups is 1. The van der Waals surface area contributed by atoms with Gasteiger partial charge in [0.1, 0.15) is 5.75 Å². The lowest BCUT2D eigenvalue weighted by Gasteiger charge is -2.13. The zero-order valence-electron chi connectivity index (χ0n) is 10.4. The summed E-state index contributed by atoms with van der Waals surface area (Å²) >= 11 is 0. The number of methoxy groups -OCH3 is 1. The standard InChI is InChI=1S/C13H15NO4/c1-3-18-12(16)6-9-4-5-10(7-14)11(8-15)13(9)17-2/h4-5,15H,3,6,8H2,1-2H3.